The molecule has 3 rings (SSSR count). The van der Waals surface area contributed by atoms with Crippen molar-refractivity contribution in [1.29, 1.82) is 0 Å². The van der Waals surface area contributed by atoms with Crippen LogP contribution in [0, 0.1) is 11.3 Å². The number of allylic oxidation sites excluding steroid dienone is 2. The van der Waals surface area contributed by atoms with E-state index in [1.54, 1.807) is 38.5 Å². The first-order chi connectivity index (χ1) is 18.1. The van der Waals surface area contributed by atoms with E-state index in [9.17, 15) is 18.0 Å². The fourth-order valence-corrected chi connectivity index (χ4v) is 4.87. The molecule has 2 aromatic heterocycles. The van der Waals surface area contributed by atoms with Crippen molar-refractivity contribution in [3.05, 3.63) is 40.6 Å². The maximum atomic E-state index is 13.3. The lowest BCUT2D eigenvalue weighted by Crippen LogP contribution is -2.40. The normalized spacial score (nSPS) is 18.4. The zero-order valence-electron chi connectivity index (χ0n) is 23.3. The van der Waals surface area contributed by atoms with E-state index in [1.807, 2.05) is 0 Å². The van der Waals surface area contributed by atoms with Gasteiger partial charge in [-0.05, 0) is 71.0 Å². The highest BCUT2D eigenvalue weighted by Crippen LogP contribution is 2.39. The van der Waals surface area contributed by atoms with Crippen molar-refractivity contribution in [2.75, 3.05) is 25.1 Å². The van der Waals surface area contributed by atoms with Gasteiger partial charge in [-0.15, -0.1) is 5.10 Å². The number of carbonyl (C=O) groups excluding carboxylic acids is 1. The molecule has 13 heteroatoms. The largest absolute Gasteiger partial charge is 0.476 e. The van der Waals surface area contributed by atoms with Gasteiger partial charge in [0, 0.05) is 43.3 Å². The maximum Gasteiger partial charge on any atom is 0.397 e. The van der Waals surface area contributed by atoms with Gasteiger partial charge in [0.2, 0.25) is 5.88 Å². The molecular formula is C26H36F3N7O2S. The Hall–Kier alpha value is -3.22. The molecule has 0 bridgehead atoms. The predicted molar refractivity (Wildman–Crippen MR) is 148 cm³/mol. The van der Waals surface area contributed by atoms with Crippen LogP contribution in [0.25, 0.3) is 5.82 Å². The average molecular weight is 568 g/mol. The van der Waals surface area contributed by atoms with Gasteiger partial charge in [0.1, 0.15) is 12.4 Å². The van der Waals surface area contributed by atoms with Gasteiger partial charge < -0.3 is 15.4 Å². The fraction of sp³-hybridized carbons (Fsp3) is 0.538. The minimum absolute atomic E-state index is 0.0399. The summed E-state index contributed by atoms with van der Waals surface area (Å²) in [6.07, 6.45) is -0.375. The Balaban J connectivity index is 1.93. The molecule has 214 valence electrons. The Bertz CT molecular complexity index is 1250. The molecule has 2 aromatic rings. The molecular weight excluding hydrogens is 531 g/mol. The van der Waals surface area contributed by atoms with Crippen LogP contribution >= 0.6 is 11.9 Å². The number of alkyl halides is 3. The van der Waals surface area contributed by atoms with Crippen molar-refractivity contribution in [1.82, 2.24) is 19.5 Å². The van der Waals surface area contributed by atoms with Gasteiger partial charge in [0.05, 0.1) is 15.9 Å². The Labute approximate surface area is 231 Å². The number of pyridine rings is 1. The molecule has 3 heterocycles. The zero-order valence-corrected chi connectivity index (χ0v) is 24.1. The van der Waals surface area contributed by atoms with Crippen LogP contribution in [0.5, 0.6) is 5.88 Å². The van der Waals surface area contributed by atoms with E-state index in [0.29, 0.717) is 40.3 Å². The molecule has 1 atom stereocenters. The van der Waals surface area contributed by atoms with E-state index in [1.165, 1.54) is 10.7 Å². The van der Waals surface area contributed by atoms with E-state index in [2.05, 4.69) is 40.5 Å². The smallest absolute Gasteiger partial charge is 0.397 e. The molecule has 0 radical (unpaired) electrons. The van der Waals surface area contributed by atoms with E-state index in [0.717, 1.165) is 32.2 Å². The summed E-state index contributed by atoms with van der Waals surface area (Å²) in [5, 5.41) is 4.27. The summed E-state index contributed by atoms with van der Waals surface area (Å²) >= 11 is 1.07. The summed E-state index contributed by atoms with van der Waals surface area (Å²) in [5.74, 6) is 0.943. The number of anilines is 1. The van der Waals surface area contributed by atoms with E-state index in [4.69, 9.17) is 15.5 Å². The molecule has 0 aliphatic carbocycles. The van der Waals surface area contributed by atoms with Crippen molar-refractivity contribution >= 4 is 29.9 Å². The van der Waals surface area contributed by atoms with Crippen LogP contribution in [-0.4, -0.2) is 58.8 Å². The van der Waals surface area contributed by atoms with Crippen molar-refractivity contribution in [3.8, 4) is 11.7 Å². The summed E-state index contributed by atoms with van der Waals surface area (Å²) in [7, 11) is 1.62. The first-order valence-corrected chi connectivity index (χ1v) is 13.3. The quantitative estimate of drug-likeness (QED) is 0.319. The Kier molecular flexibility index (Phi) is 8.93. The number of aromatic nitrogens is 3. The van der Waals surface area contributed by atoms with E-state index >= 15 is 0 Å². The van der Waals surface area contributed by atoms with Crippen molar-refractivity contribution < 1.29 is 22.7 Å². The molecule has 9 nitrogen and oxygen atoms in total. The van der Waals surface area contributed by atoms with Gasteiger partial charge in [0.15, 0.2) is 5.82 Å². The molecule has 39 heavy (non-hydrogen) atoms. The van der Waals surface area contributed by atoms with Crippen LogP contribution < -0.4 is 20.1 Å². The number of rotatable bonds is 9. The number of nitrogens with zero attached hydrogens (tertiary/aromatic N) is 5. The highest BCUT2D eigenvalue weighted by atomic mass is 32.2. The van der Waals surface area contributed by atoms with Gasteiger partial charge in [-0.1, -0.05) is 6.92 Å². The molecule has 0 spiro atoms. The second-order valence-corrected chi connectivity index (χ2v) is 11.9. The highest BCUT2D eigenvalue weighted by Gasteiger charge is 2.48. The minimum atomic E-state index is -4.41. The number of halogens is 3. The summed E-state index contributed by atoms with van der Waals surface area (Å²) < 4.78 is 49.2. The topological polar surface area (TPSA) is 111 Å². The third kappa shape index (κ3) is 7.06. The highest BCUT2D eigenvalue weighted by molar-refractivity contribution is 8.02. The number of nitrogens with one attached hydrogen (secondary N) is 1. The second kappa shape index (κ2) is 11.5. The summed E-state index contributed by atoms with van der Waals surface area (Å²) in [4.78, 5) is 24.8. The molecule has 3 N–H and O–H groups in total. The van der Waals surface area contributed by atoms with Crippen molar-refractivity contribution in [2.45, 2.75) is 59.7 Å². The van der Waals surface area contributed by atoms with Gasteiger partial charge in [-0.2, -0.15) is 13.2 Å². The molecule has 0 aromatic carbocycles. The standard InChI is InChI=1S/C26H36F3N7O2S/c1-16-12-25(5,6)35(14-16)22-18(23(37)34-39-19(13-31-7)17(2)30)8-9-20(32-22)36-11-10-21(33-36)38-15-24(3,4)26(27,28)29/h8-11,13,16H,12,14-15,30H2,1-7H3,(H,34,37)/b19-17+,31-13?. The van der Waals surface area contributed by atoms with E-state index in [-0.39, 0.29) is 17.3 Å². The van der Waals surface area contributed by atoms with Crippen LogP contribution in [0.1, 0.15) is 58.3 Å². The number of amides is 1. The first kappa shape index (κ1) is 30.3. The third-order valence-electron chi connectivity index (χ3n) is 6.47. The fourth-order valence-electron chi connectivity index (χ4n) is 4.24. The van der Waals surface area contributed by atoms with Gasteiger partial charge in [-0.3, -0.25) is 14.5 Å². The molecule has 1 aliphatic rings. The second-order valence-electron chi connectivity index (χ2n) is 11.0. The first-order valence-electron chi connectivity index (χ1n) is 12.5. The lowest BCUT2D eigenvalue weighted by atomic mass is 9.94. The number of nitrogens with two attached hydrogens (primary N) is 1. The molecule has 1 aliphatic heterocycles. The molecule has 1 amide bonds. The number of hydrogen-bond acceptors (Lipinski definition) is 8. The lowest BCUT2D eigenvalue weighted by Gasteiger charge is -2.34. The predicted octanol–water partition coefficient (Wildman–Crippen LogP) is 5.13. The molecule has 1 unspecified atom stereocenters. The Morgan fingerprint density at radius 2 is 2.03 bits per heavy atom. The number of hydrogen-bond donors (Lipinski definition) is 2. The van der Waals surface area contributed by atoms with E-state index < -0.39 is 18.2 Å². The Morgan fingerprint density at radius 3 is 2.59 bits per heavy atom. The van der Waals surface area contributed by atoms with Crippen LogP contribution in [0.3, 0.4) is 0 Å². The van der Waals surface area contributed by atoms with Crippen LogP contribution in [-0.2, 0) is 0 Å². The van der Waals surface area contributed by atoms with Crippen LogP contribution in [0.2, 0.25) is 0 Å². The lowest BCUT2D eigenvalue weighted by molar-refractivity contribution is -0.219. The number of carbonyl (C=O) groups is 1. The number of aliphatic imine (C=N–C) groups is 1. The molecule has 0 saturated carbocycles. The number of ether oxygens (including phenoxy) is 1. The summed E-state index contributed by atoms with van der Waals surface area (Å²) in [6.45, 7) is 10.3. The maximum absolute atomic E-state index is 13.3. The van der Waals surface area contributed by atoms with Gasteiger partial charge in [0.25, 0.3) is 5.91 Å². The SMILES string of the molecule is CN=C/C(SNC(=O)c1ccc(-n2ccc(OCC(C)(C)C(F)(F)F)n2)nc1N1CC(C)CC1(C)C)=C(/C)N. The van der Waals surface area contributed by atoms with Crippen molar-refractivity contribution in [2.24, 2.45) is 22.1 Å². The average Bonchev–Trinajstić information content (AvgIpc) is 3.41. The van der Waals surface area contributed by atoms with Gasteiger partial charge in [-0.25, -0.2) is 9.67 Å². The minimum Gasteiger partial charge on any atom is -0.476 e. The Morgan fingerprint density at radius 1 is 1.33 bits per heavy atom. The molecule has 1 saturated heterocycles. The zero-order chi connectivity index (χ0) is 29.2. The van der Waals surface area contributed by atoms with Gasteiger partial charge >= 0.3 is 6.18 Å². The monoisotopic (exact) mass is 567 g/mol. The van der Waals surface area contributed by atoms with Crippen LogP contribution in [0.15, 0.2) is 40.0 Å². The summed E-state index contributed by atoms with van der Waals surface area (Å²) in [6, 6.07) is 4.77. The summed E-state index contributed by atoms with van der Waals surface area (Å²) in [5.41, 5.74) is 4.49. The third-order valence-corrected chi connectivity index (χ3v) is 7.40. The van der Waals surface area contributed by atoms with Crippen molar-refractivity contribution in [3.63, 3.8) is 0 Å². The van der Waals surface area contributed by atoms with Crippen LogP contribution in [0.4, 0.5) is 19.0 Å². The molecule has 1 fully saturated rings.